The van der Waals surface area contributed by atoms with E-state index in [1.807, 2.05) is 39.0 Å². The zero-order chi connectivity index (χ0) is 22.4. The molecule has 2 heterocycles. The number of hydrogen-bond donors (Lipinski definition) is 0. The van der Waals surface area contributed by atoms with Gasteiger partial charge in [0.25, 0.3) is 5.56 Å². The zero-order valence-electron chi connectivity index (χ0n) is 18.4. The molecule has 3 rings (SSSR count). The van der Waals surface area contributed by atoms with Crippen molar-refractivity contribution in [2.45, 2.75) is 45.0 Å². The molecule has 2 atom stereocenters. The standard InChI is InChI=1S/C20H28N6O3S/c1-12(2)26-19(27)16-11-9-8-10-15(16)17(23-26)18-21-22-20(25(18)6)24(5)13(3)14(4)30(7,28)29/h8-14H,1-7H3. The van der Waals surface area contributed by atoms with Crippen LogP contribution in [-0.4, -0.2) is 57.6 Å². The molecule has 0 saturated carbocycles. The quantitative estimate of drug-likeness (QED) is 0.587. The maximum absolute atomic E-state index is 12.8. The van der Waals surface area contributed by atoms with Crippen molar-refractivity contribution in [1.82, 2.24) is 24.5 Å². The van der Waals surface area contributed by atoms with E-state index in [-0.39, 0.29) is 17.6 Å². The van der Waals surface area contributed by atoms with E-state index in [1.54, 1.807) is 36.6 Å². The third-order valence-electron chi connectivity index (χ3n) is 5.66. The summed E-state index contributed by atoms with van der Waals surface area (Å²) in [4.78, 5) is 14.6. The van der Waals surface area contributed by atoms with E-state index in [9.17, 15) is 13.2 Å². The Morgan fingerprint density at radius 1 is 1.03 bits per heavy atom. The summed E-state index contributed by atoms with van der Waals surface area (Å²) in [6, 6.07) is 6.86. The van der Waals surface area contributed by atoms with Crippen LogP contribution in [0.15, 0.2) is 29.1 Å². The van der Waals surface area contributed by atoms with Crippen LogP contribution < -0.4 is 10.5 Å². The van der Waals surface area contributed by atoms with E-state index in [1.165, 1.54) is 10.9 Å². The first-order valence-electron chi connectivity index (χ1n) is 9.78. The normalized spacial score (nSPS) is 14.3. The Balaban J connectivity index is 2.16. The Morgan fingerprint density at radius 2 is 1.63 bits per heavy atom. The molecule has 0 radical (unpaired) electrons. The lowest BCUT2D eigenvalue weighted by Gasteiger charge is -2.29. The Hall–Kier alpha value is -2.75. The first-order valence-corrected chi connectivity index (χ1v) is 11.7. The van der Waals surface area contributed by atoms with Crippen molar-refractivity contribution in [1.29, 1.82) is 0 Å². The van der Waals surface area contributed by atoms with Crippen molar-refractivity contribution in [3.05, 3.63) is 34.6 Å². The highest BCUT2D eigenvalue weighted by Crippen LogP contribution is 2.27. The van der Waals surface area contributed by atoms with Crippen molar-refractivity contribution in [3.8, 4) is 11.5 Å². The van der Waals surface area contributed by atoms with Gasteiger partial charge in [-0.05, 0) is 33.8 Å². The van der Waals surface area contributed by atoms with Gasteiger partial charge < -0.3 is 4.90 Å². The summed E-state index contributed by atoms with van der Waals surface area (Å²) < 4.78 is 27.2. The smallest absolute Gasteiger partial charge is 0.274 e. The third kappa shape index (κ3) is 3.71. The van der Waals surface area contributed by atoms with Crippen molar-refractivity contribution in [2.75, 3.05) is 18.2 Å². The molecule has 2 unspecified atom stereocenters. The van der Waals surface area contributed by atoms with Crippen molar-refractivity contribution in [3.63, 3.8) is 0 Å². The Bertz CT molecular complexity index is 1250. The first kappa shape index (κ1) is 21.9. The lowest BCUT2D eigenvalue weighted by atomic mass is 10.1. The summed E-state index contributed by atoms with van der Waals surface area (Å²) >= 11 is 0. The molecule has 0 spiro atoms. The summed E-state index contributed by atoms with van der Waals surface area (Å²) in [6.07, 6.45) is 1.23. The van der Waals surface area contributed by atoms with Crippen LogP contribution in [0.5, 0.6) is 0 Å². The number of hydrogen-bond acceptors (Lipinski definition) is 7. The van der Waals surface area contributed by atoms with Gasteiger partial charge in [0.15, 0.2) is 15.7 Å². The van der Waals surface area contributed by atoms with E-state index >= 15 is 0 Å². The SMILES string of the molecule is CC(C(C)S(C)(=O)=O)N(C)c1nnc(-c2nn(C(C)C)c(=O)c3ccccc23)n1C. The van der Waals surface area contributed by atoms with Crippen LogP contribution in [0, 0.1) is 0 Å². The molecule has 162 valence electrons. The summed E-state index contributed by atoms with van der Waals surface area (Å²) in [7, 11) is 0.387. The Kier molecular flexibility index (Phi) is 5.72. The molecule has 0 aliphatic carbocycles. The highest BCUT2D eigenvalue weighted by molar-refractivity contribution is 7.91. The average Bonchev–Trinajstić information content (AvgIpc) is 3.07. The van der Waals surface area contributed by atoms with Crippen LogP contribution in [-0.2, 0) is 16.9 Å². The second-order valence-corrected chi connectivity index (χ2v) is 10.4. The van der Waals surface area contributed by atoms with Gasteiger partial charge in [-0.25, -0.2) is 13.1 Å². The molecule has 0 aliphatic heterocycles. The number of aromatic nitrogens is 5. The molecule has 0 fully saturated rings. The second kappa shape index (κ2) is 7.82. The molecule has 0 saturated heterocycles. The lowest BCUT2D eigenvalue weighted by molar-refractivity contribution is 0.509. The number of nitrogens with zero attached hydrogens (tertiary/aromatic N) is 6. The zero-order valence-corrected chi connectivity index (χ0v) is 19.2. The molecule has 0 aliphatic rings. The number of anilines is 1. The third-order valence-corrected chi connectivity index (χ3v) is 7.41. The minimum Gasteiger partial charge on any atom is -0.340 e. The fourth-order valence-electron chi connectivity index (χ4n) is 3.41. The molecule has 30 heavy (non-hydrogen) atoms. The van der Waals surface area contributed by atoms with E-state index in [2.05, 4.69) is 15.3 Å². The van der Waals surface area contributed by atoms with E-state index < -0.39 is 15.1 Å². The van der Waals surface area contributed by atoms with Gasteiger partial charge in [-0.3, -0.25) is 9.36 Å². The highest BCUT2D eigenvalue weighted by Gasteiger charge is 2.29. The van der Waals surface area contributed by atoms with Crippen molar-refractivity contribution >= 4 is 26.6 Å². The Labute approximate surface area is 176 Å². The molecule has 0 N–H and O–H groups in total. The van der Waals surface area contributed by atoms with Gasteiger partial charge in [-0.1, -0.05) is 18.2 Å². The number of sulfone groups is 1. The van der Waals surface area contributed by atoms with Crippen LogP contribution >= 0.6 is 0 Å². The van der Waals surface area contributed by atoms with Crippen molar-refractivity contribution < 1.29 is 8.42 Å². The van der Waals surface area contributed by atoms with Crippen LogP contribution in [0.25, 0.3) is 22.3 Å². The number of rotatable bonds is 6. The van der Waals surface area contributed by atoms with Gasteiger partial charge in [-0.15, -0.1) is 10.2 Å². The predicted octanol–water partition coefficient (Wildman–Crippen LogP) is 2.03. The number of benzene rings is 1. The second-order valence-electron chi connectivity index (χ2n) is 8.01. The first-order chi connectivity index (χ1) is 13.9. The average molecular weight is 433 g/mol. The summed E-state index contributed by atoms with van der Waals surface area (Å²) in [5.74, 6) is 1.02. The van der Waals surface area contributed by atoms with E-state index in [0.717, 1.165) is 0 Å². The van der Waals surface area contributed by atoms with Crippen LogP contribution in [0.3, 0.4) is 0 Å². The van der Waals surface area contributed by atoms with Crippen molar-refractivity contribution in [2.24, 2.45) is 7.05 Å². The monoisotopic (exact) mass is 432 g/mol. The Morgan fingerprint density at radius 3 is 2.20 bits per heavy atom. The molecule has 0 amide bonds. The van der Waals surface area contributed by atoms with Gasteiger partial charge in [-0.2, -0.15) is 5.10 Å². The highest BCUT2D eigenvalue weighted by atomic mass is 32.2. The van der Waals surface area contributed by atoms with Gasteiger partial charge >= 0.3 is 0 Å². The van der Waals surface area contributed by atoms with Gasteiger partial charge in [0.05, 0.1) is 16.7 Å². The maximum Gasteiger partial charge on any atom is 0.274 e. The van der Waals surface area contributed by atoms with Crippen LogP contribution in [0.2, 0.25) is 0 Å². The minimum atomic E-state index is -3.21. The molecule has 1 aromatic carbocycles. The molecule has 0 bridgehead atoms. The fourth-order valence-corrected chi connectivity index (χ4v) is 4.31. The molecule has 9 nitrogen and oxygen atoms in total. The molecular formula is C20H28N6O3S. The molecule has 2 aromatic heterocycles. The maximum atomic E-state index is 12.8. The summed E-state index contributed by atoms with van der Waals surface area (Å²) in [5, 5.41) is 13.9. The van der Waals surface area contributed by atoms with Crippen LogP contribution in [0.4, 0.5) is 5.95 Å². The minimum absolute atomic E-state index is 0.119. The van der Waals surface area contributed by atoms with Crippen LogP contribution in [0.1, 0.15) is 33.7 Å². The predicted molar refractivity (Wildman–Crippen MR) is 119 cm³/mol. The van der Waals surface area contributed by atoms with Gasteiger partial charge in [0, 0.05) is 31.8 Å². The topological polar surface area (TPSA) is 103 Å². The number of fused-ring (bicyclic) bond motifs is 1. The largest absolute Gasteiger partial charge is 0.340 e. The summed E-state index contributed by atoms with van der Waals surface area (Å²) in [5.41, 5.74) is 0.400. The molecule has 10 heteroatoms. The molecule has 3 aromatic rings. The fraction of sp³-hybridized carbons (Fsp3) is 0.500. The van der Waals surface area contributed by atoms with E-state index in [4.69, 9.17) is 0 Å². The van der Waals surface area contributed by atoms with Gasteiger partial charge in [0.1, 0.15) is 5.69 Å². The summed E-state index contributed by atoms with van der Waals surface area (Å²) in [6.45, 7) is 7.32. The lowest BCUT2D eigenvalue weighted by Crippen LogP contribution is -2.42. The molecular weight excluding hydrogens is 404 g/mol. The van der Waals surface area contributed by atoms with E-state index in [0.29, 0.717) is 28.2 Å². The van der Waals surface area contributed by atoms with Gasteiger partial charge in [0.2, 0.25) is 5.95 Å².